The van der Waals surface area contributed by atoms with Crippen molar-refractivity contribution in [1.82, 2.24) is 25.5 Å². The molecule has 2 rings (SSSR count). The Morgan fingerprint density at radius 1 is 1.67 bits per heavy atom. The van der Waals surface area contributed by atoms with Gasteiger partial charge in [-0.2, -0.15) is 4.68 Å². The van der Waals surface area contributed by atoms with Crippen molar-refractivity contribution < 1.29 is 9.90 Å². The zero-order chi connectivity index (χ0) is 13.0. The second-order valence-corrected chi connectivity index (χ2v) is 4.57. The van der Waals surface area contributed by atoms with Gasteiger partial charge in [0.1, 0.15) is 11.2 Å². The molecule has 0 radical (unpaired) electrons. The van der Waals surface area contributed by atoms with E-state index < -0.39 is 0 Å². The Morgan fingerprint density at radius 3 is 3.11 bits per heavy atom. The van der Waals surface area contributed by atoms with Crippen molar-refractivity contribution in [1.29, 1.82) is 0 Å². The molecule has 1 unspecified atom stereocenters. The molecule has 1 atom stereocenters. The molecule has 1 amide bonds. The topological polar surface area (TPSA) is 92.9 Å². The number of amides is 1. The van der Waals surface area contributed by atoms with Crippen LogP contribution in [-0.2, 0) is 0 Å². The fraction of sp³-hybridized carbons (Fsp3) is 0.400. The molecule has 0 bridgehead atoms. The molecule has 0 saturated heterocycles. The van der Waals surface area contributed by atoms with Gasteiger partial charge in [0.15, 0.2) is 0 Å². The third-order valence-corrected chi connectivity index (χ3v) is 3.40. The van der Waals surface area contributed by atoms with Crippen molar-refractivity contribution in [2.45, 2.75) is 19.4 Å². The predicted molar refractivity (Wildman–Crippen MR) is 65.7 cm³/mol. The number of carbonyl (C=O) groups is 1. The van der Waals surface area contributed by atoms with Crippen LogP contribution in [0.5, 0.6) is 0 Å². The van der Waals surface area contributed by atoms with Gasteiger partial charge in [0, 0.05) is 0 Å². The summed E-state index contributed by atoms with van der Waals surface area (Å²) >= 11 is 1.31. The van der Waals surface area contributed by atoms with Gasteiger partial charge in [0.05, 0.1) is 18.3 Å². The maximum absolute atomic E-state index is 12.1. The summed E-state index contributed by atoms with van der Waals surface area (Å²) in [6.45, 7) is 1.83. The lowest BCUT2D eigenvalue weighted by atomic mass is 10.2. The van der Waals surface area contributed by atoms with Gasteiger partial charge in [0.2, 0.25) is 0 Å². The average molecular weight is 267 g/mol. The lowest BCUT2D eigenvalue weighted by Crippen LogP contribution is -2.36. The molecule has 2 heterocycles. The van der Waals surface area contributed by atoms with E-state index >= 15 is 0 Å². The number of hydrogen-bond acceptors (Lipinski definition) is 6. The Kier molecular flexibility index (Phi) is 4.00. The summed E-state index contributed by atoms with van der Waals surface area (Å²) in [5, 5.41) is 24.5. The number of nitrogens with zero attached hydrogens (tertiary/aromatic N) is 4. The summed E-state index contributed by atoms with van der Waals surface area (Å²) in [5.41, 5.74) is 0.635. The van der Waals surface area contributed by atoms with Crippen LogP contribution < -0.4 is 5.32 Å². The van der Waals surface area contributed by atoms with Crippen molar-refractivity contribution in [2.24, 2.45) is 0 Å². The molecular weight excluding hydrogens is 254 g/mol. The highest BCUT2D eigenvalue weighted by molar-refractivity contribution is 7.12. The van der Waals surface area contributed by atoms with Crippen LogP contribution in [0.15, 0.2) is 17.8 Å². The summed E-state index contributed by atoms with van der Waals surface area (Å²) in [6.07, 6.45) is 2.11. The summed E-state index contributed by atoms with van der Waals surface area (Å²) in [6, 6.07) is 1.54. The van der Waals surface area contributed by atoms with Crippen LogP contribution in [0.1, 0.15) is 23.0 Å². The molecule has 8 heteroatoms. The number of tetrazole rings is 1. The van der Waals surface area contributed by atoms with E-state index in [0.29, 0.717) is 17.0 Å². The Morgan fingerprint density at radius 2 is 2.50 bits per heavy atom. The van der Waals surface area contributed by atoms with Crippen molar-refractivity contribution in [3.05, 3.63) is 22.7 Å². The van der Waals surface area contributed by atoms with Gasteiger partial charge < -0.3 is 10.4 Å². The number of thiophene rings is 1. The Balaban J connectivity index is 2.19. The van der Waals surface area contributed by atoms with E-state index in [2.05, 4.69) is 20.8 Å². The molecule has 0 aliphatic rings. The average Bonchev–Trinajstić information content (AvgIpc) is 3.04. The third-order valence-electron chi connectivity index (χ3n) is 2.49. The van der Waals surface area contributed by atoms with Crippen LogP contribution in [0.3, 0.4) is 0 Å². The van der Waals surface area contributed by atoms with Crippen LogP contribution in [0.4, 0.5) is 0 Å². The zero-order valence-corrected chi connectivity index (χ0v) is 10.6. The standard InChI is InChI=1S/C10H13N5O2S/c1-2-7(5-16)12-10(17)9-8(3-4-18-9)15-6-11-13-14-15/h3-4,6-7,16H,2,5H2,1H3,(H,12,17). The minimum atomic E-state index is -0.235. The van der Waals surface area contributed by atoms with Gasteiger partial charge in [-0.05, 0) is 28.3 Å². The van der Waals surface area contributed by atoms with Gasteiger partial charge in [-0.3, -0.25) is 4.79 Å². The largest absolute Gasteiger partial charge is 0.394 e. The highest BCUT2D eigenvalue weighted by Gasteiger charge is 2.17. The lowest BCUT2D eigenvalue weighted by Gasteiger charge is -2.13. The van der Waals surface area contributed by atoms with Gasteiger partial charge in [-0.25, -0.2) is 0 Å². The molecule has 18 heavy (non-hydrogen) atoms. The predicted octanol–water partition coefficient (Wildman–Crippen LogP) is 0.225. The van der Waals surface area contributed by atoms with Crippen LogP contribution in [0.25, 0.3) is 5.69 Å². The van der Waals surface area contributed by atoms with Gasteiger partial charge >= 0.3 is 0 Å². The van der Waals surface area contributed by atoms with Crippen molar-refractivity contribution in [3.63, 3.8) is 0 Å². The highest BCUT2D eigenvalue weighted by Crippen LogP contribution is 2.19. The first-order valence-electron chi connectivity index (χ1n) is 5.48. The fourth-order valence-corrected chi connectivity index (χ4v) is 2.23. The highest BCUT2D eigenvalue weighted by atomic mass is 32.1. The van der Waals surface area contributed by atoms with Crippen LogP contribution in [0, 0.1) is 0 Å². The molecule has 7 nitrogen and oxygen atoms in total. The molecule has 0 fully saturated rings. The van der Waals surface area contributed by atoms with Crippen molar-refractivity contribution >= 4 is 17.2 Å². The smallest absolute Gasteiger partial charge is 0.263 e. The zero-order valence-electron chi connectivity index (χ0n) is 9.78. The molecule has 2 aromatic rings. The quantitative estimate of drug-likeness (QED) is 0.808. The Bertz CT molecular complexity index is 506. The molecule has 0 aliphatic heterocycles. The lowest BCUT2D eigenvalue weighted by molar-refractivity contribution is 0.0919. The second-order valence-electron chi connectivity index (χ2n) is 3.65. The number of carbonyl (C=O) groups excluding carboxylic acids is 1. The second kappa shape index (κ2) is 5.69. The molecule has 0 spiro atoms. The number of nitrogens with one attached hydrogen (secondary N) is 1. The first-order valence-corrected chi connectivity index (χ1v) is 6.36. The molecule has 0 saturated carbocycles. The SMILES string of the molecule is CCC(CO)NC(=O)c1sccc1-n1cnnn1. The molecule has 96 valence electrons. The van der Waals surface area contributed by atoms with E-state index in [9.17, 15) is 4.79 Å². The number of hydrogen-bond donors (Lipinski definition) is 2. The van der Waals surface area contributed by atoms with Crippen LogP contribution in [-0.4, -0.2) is 43.9 Å². The molecule has 2 N–H and O–H groups in total. The molecular formula is C10H13N5O2S. The maximum Gasteiger partial charge on any atom is 0.263 e. The monoisotopic (exact) mass is 267 g/mol. The molecule has 2 aromatic heterocycles. The van der Waals surface area contributed by atoms with Crippen molar-refractivity contribution in [3.8, 4) is 5.69 Å². The Hall–Kier alpha value is -1.80. The number of aliphatic hydroxyl groups excluding tert-OH is 1. The first kappa shape index (κ1) is 12.7. The summed E-state index contributed by atoms with van der Waals surface area (Å²) < 4.78 is 1.44. The number of aromatic nitrogens is 4. The van der Waals surface area contributed by atoms with Gasteiger partial charge in [-0.1, -0.05) is 6.92 Å². The van der Waals surface area contributed by atoms with Gasteiger partial charge in [0.25, 0.3) is 5.91 Å². The van der Waals surface area contributed by atoms with Gasteiger partial charge in [-0.15, -0.1) is 16.4 Å². The van der Waals surface area contributed by atoms with Crippen LogP contribution >= 0.6 is 11.3 Å². The number of aliphatic hydroxyl groups is 1. The minimum Gasteiger partial charge on any atom is -0.394 e. The van der Waals surface area contributed by atoms with Crippen molar-refractivity contribution in [2.75, 3.05) is 6.61 Å². The first-order chi connectivity index (χ1) is 8.76. The van der Waals surface area contributed by atoms with E-state index in [-0.39, 0.29) is 18.6 Å². The van der Waals surface area contributed by atoms with E-state index in [0.717, 1.165) is 0 Å². The van der Waals surface area contributed by atoms with E-state index in [1.54, 1.807) is 11.4 Å². The third kappa shape index (κ3) is 2.54. The number of rotatable bonds is 5. The van der Waals surface area contributed by atoms with E-state index in [1.807, 2.05) is 6.92 Å². The summed E-state index contributed by atoms with van der Waals surface area (Å²) in [4.78, 5) is 12.6. The fourth-order valence-electron chi connectivity index (χ4n) is 1.45. The normalized spacial score (nSPS) is 12.3. The van der Waals surface area contributed by atoms with Crippen LogP contribution in [0.2, 0.25) is 0 Å². The molecule has 0 aromatic carbocycles. The van der Waals surface area contributed by atoms with E-state index in [4.69, 9.17) is 5.11 Å². The Labute approximate surface area is 107 Å². The summed E-state index contributed by atoms with van der Waals surface area (Å²) in [7, 11) is 0. The molecule has 0 aliphatic carbocycles. The van der Waals surface area contributed by atoms with E-state index in [1.165, 1.54) is 22.3 Å². The maximum atomic E-state index is 12.1. The summed E-state index contributed by atoms with van der Waals surface area (Å²) in [5.74, 6) is -0.226. The minimum absolute atomic E-state index is 0.0756.